The number of nitrogens with zero attached hydrogens (tertiary/aromatic N) is 1. The van der Waals surface area contributed by atoms with Crippen LogP contribution >= 0.6 is 11.6 Å². The van der Waals surface area contributed by atoms with Gasteiger partial charge in [0.25, 0.3) is 0 Å². The van der Waals surface area contributed by atoms with Gasteiger partial charge in [-0.1, -0.05) is 48.0 Å². The maximum atomic E-state index is 11.7. The summed E-state index contributed by atoms with van der Waals surface area (Å²) in [5.41, 5.74) is 2.86. The monoisotopic (exact) mass is 388 g/mol. The van der Waals surface area contributed by atoms with Crippen LogP contribution in [0.1, 0.15) is 24.0 Å². The number of nitrogens with one attached hydrogen (secondary N) is 1. The average Bonchev–Trinajstić information content (AvgIpc) is 3.06. The van der Waals surface area contributed by atoms with Crippen molar-refractivity contribution in [1.82, 2.24) is 5.32 Å². The Hall–Kier alpha value is -2.08. The molecule has 1 aliphatic rings. The summed E-state index contributed by atoms with van der Waals surface area (Å²) in [7, 11) is 1.38. The number of carbonyl (C=O) groups is 1. The third kappa shape index (κ3) is 4.61. The third-order valence-electron chi connectivity index (χ3n) is 5.07. The van der Waals surface area contributed by atoms with Crippen LogP contribution in [-0.2, 0) is 16.1 Å². The number of anilines is 1. The fourth-order valence-electron chi connectivity index (χ4n) is 3.39. The summed E-state index contributed by atoms with van der Waals surface area (Å²) in [5.74, 6) is -0.661. The van der Waals surface area contributed by atoms with Gasteiger partial charge in [-0.3, -0.25) is 4.79 Å². The van der Waals surface area contributed by atoms with Crippen LogP contribution in [0.4, 0.5) is 5.69 Å². The highest BCUT2D eigenvalue weighted by Gasteiger charge is 2.32. The number of ether oxygens (including phenoxy) is 1. The number of β-amino-alcohol motifs (C(OH)–C–C–N with tert-alkyl or cyclic N) is 1. The van der Waals surface area contributed by atoms with E-state index in [0.717, 1.165) is 11.3 Å². The van der Waals surface area contributed by atoms with E-state index in [1.165, 1.54) is 12.7 Å². The van der Waals surface area contributed by atoms with E-state index >= 15 is 0 Å². The first-order valence-electron chi connectivity index (χ1n) is 9.07. The number of benzene rings is 2. The second kappa shape index (κ2) is 8.74. The molecule has 144 valence electrons. The van der Waals surface area contributed by atoms with Gasteiger partial charge in [-0.25, -0.2) is 0 Å². The van der Waals surface area contributed by atoms with E-state index in [4.69, 9.17) is 16.3 Å². The van der Waals surface area contributed by atoms with Crippen molar-refractivity contribution in [3.63, 3.8) is 0 Å². The van der Waals surface area contributed by atoms with Crippen molar-refractivity contribution < 1.29 is 14.6 Å². The zero-order chi connectivity index (χ0) is 19.4. The van der Waals surface area contributed by atoms with E-state index in [1.54, 1.807) is 13.0 Å². The van der Waals surface area contributed by atoms with Crippen LogP contribution in [0.2, 0.25) is 5.02 Å². The second-order valence-corrected chi connectivity index (χ2v) is 7.31. The van der Waals surface area contributed by atoms with Gasteiger partial charge in [-0.2, -0.15) is 0 Å². The summed E-state index contributed by atoms with van der Waals surface area (Å²) in [5, 5.41) is 14.4. The standard InChI is InChI=1S/C21H25ClN2O3/c1-14(21(26)27-2)16-8-9-19(17(22)10-16)24-12-18(20(25)13-24)23-11-15-6-4-3-5-7-15/h3-10,14,18,20,23,25H,11-13H2,1-2H3. The number of methoxy groups -OCH3 is 1. The van der Waals surface area contributed by atoms with Crippen molar-refractivity contribution in [3.05, 3.63) is 64.7 Å². The normalized spacial score (nSPS) is 20.5. The molecule has 5 nitrogen and oxygen atoms in total. The molecule has 0 spiro atoms. The molecule has 0 saturated carbocycles. The minimum absolute atomic E-state index is 0.0325. The minimum atomic E-state index is -0.474. The van der Waals surface area contributed by atoms with Crippen LogP contribution in [0, 0.1) is 0 Å². The van der Waals surface area contributed by atoms with Gasteiger partial charge in [0.05, 0.1) is 35.9 Å². The van der Waals surface area contributed by atoms with Crippen molar-refractivity contribution in [2.24, 2.45) is 0 Å². The number of hydrogen-bond acceptors (Lipinski definition) is 5. The number of aliphatic hydroxyl groups is 1. The molecule has 6 heteroatoms. The molecule has 2 aromatic rings. The molecule has 2 aromatic carbocycles. The first kappa shape index (κ1) is 19.7. The van der Waals surface area contributed by atoms with E-state index in [2.05, 4.69) is 22.3 Å². The zero-order valence-corrected chi connectivity index (χ0v) is 16.3. The molecule has 0 radical (unpaired) electrons. The Labute approximate surface area is 164 Å². The van der Waals surface area contributed by atoms with E-state index in [9.17, 15) is 9.90 Å². The van der Waals surface area contributed by atoms with Crippen LogP contribution in [0.3, 0.4) is 0 Å². The van der Waals surface area contributed by atoms with Crippen molar-refractivity contribution in [2.45, 2.75) is 31.5 Å². The lowest BCUT2D eigenvalue weighted by Crippen LogP contribution is -2.38. The number of halogens is 1. The number of esters is 1. The van der Waals surface area contributed by atoms with Gasteiger partial charge >= 0.3 is 5.97 Å². The lowest BCUT2D eigenvalue weighted by molar-refractivity contribution is -0.141. The predicted molar refractivity (Wildman–Crippen MR) is 107 cm³/mol. The molecule has 0 bridgehead atoms. The summed E-state index contributed by atoms with van der Waals surface area (Å²) in [6, 6.07) is 15.7. The summed E-state index contributed by atoms with van der Waals surface area (Å²) >= 11 is 6.47. The molecule has 3 rings (SSSR count). The van der Waals surface area contributed by atoms with Crippen molar-refractivity contribution in [3.8, 4) is 0 Å². The molecular formula is C21H25ClN2O3. The summed E-state index contributed by atoms with van der Waals surface area (Å²) in [6.07, 6.45) is -0.474. The molecule has 0 aliphatic carbocycles. The summed E-state index contributed by atoms with van der Waals surface area (Å²) in [4.78, 5) is 13.8. The molecule has 1 saturated heterocycles. The minimum Gasteiger partial charge on any atom is -0.469 e. The smallest absolute Gasteiger partial charge is 0.312 e. The van der Waals surface area contributed by atoms with Crippen LogP contribution in [0.25, 0.3) is 0 Å². The lowest BCUT2D eigenvalue weighted by atomic mass is 10.0. The fourth-order valence-corrected chi connectivity index (χ4v) is 3.70. The van der Waals surface area contributed by atoms with Crippen LogP contribution in [0.15, 0.2) is 48.5 Å². The maximum absolute atomic E-state index is 11.7. The van der Waals surface area contributed by atoms with Crippen LogP contribution in [-0.4, -0.2) is 43.4 Å². The van der Waals surface area contributed by atoms with Gasteiger partial charge in [-0.05, 0) is 30.2 Å². The molecule has 2 N–H and O–H groups in total. The molecule has 1 aliphatic heterocycles. The van der Waals surface area contributed by atoms with E-state index in [0.29, 0.717) is 24.7 Å². The Morgan fingerprint density at radius 2 is 2.04 bits per heavy atom. The van der Waals surface area contributed by atoms with Gasteiger partial charge in [0.15, 0.2) is 0 Å². The van der Waals surface area contributed by atoms with Crippen molar-refractivity contribution in [1.29, 1.82) is 0 Å². The van der Waals surface area contributed by atoms with E-state index in [1.807, 2.05) is 30.3 Å². The third-order valence-corrected chi connectivity index (χ3v) is 5.37. The second-order valence-electron chi connectivity index (χ2n) is 6.90. The Morgan fingerprint density at radius 1 is 1.30 bits per heavy atom. The number of hydrogen-bond donors (Lipinski definition) is 2. The maximum Gasteiger partial charge on any atom is 0.312 e. The highest BCUT2D eigenvalue weighted by molar-refractivity contribution is 6.33. The zero-order valence-electron chi connectivity index (χ0n) is 15.6. The quantitative estimate of drug-likeness (QED) is 0.745. The van der Waals surface area contributed by atoms with E-state index in [-0.39, 0.29) is 17.9 Å². The molecule has 0 amide bonds. The first-order chi connectivity index (χ1) is 13.0. The molecule has 1 fully saturated rings. The van der Waals surface area contributed by atoms with Crippen LogP contribution in [0.5, 0.6) is 0 Å². The Kier molecular flexibility index (Phi) is 6.37. The number of carbonyl (C=O) groups excluding carboxylic acids is 1. The Balaban J connectivity index is 1.66. The summed E-state index contributed by atoms with van der Waals surface area (Å²) < 4.78 is 4.79. The highest BCUT2D eigenvalue weighted by Crippen LogP contribution is 2.32. The van der Waals surface area contributed by atoms with Gasteiger partial charge in [0.1, 0.15) is 0 Å². The van der Waals surface area contributed by atoms with E-state index < -0.39 is 6.10 Å². The highest BCUT2D eigenvalue weighted by atomic mass is 35.5. The molecule has 3 atom stereocenters. The lowest BCUT2D eigenvalue weighted by Gasteiger charge is -2.21. The van der Waals surface area contributed by atoms with Gasteiger partial charge in [0, 0.05) is 19.6 Å². The van der Waals surface area contributed by atoms with Crippen molar-refractivity contribution in [2.75, 3.05) is 25.1 Å². The Morgan fingerprint density at radius 3 is 2.70 bits per heavy atom. The fraction of sp³-hybridized carbons (Fsp3) is 0.381. The molecule has 27 heavy (non-hydrogen) atoms. The predicted octanol–water partition coefficient (Wildman–Crippen LogP) is 2.96. The number of aliphatic hydroxyl groups excluding tert-OH is 1. The Bertz CT molecular complexity index is 784. The topological polar surface area (TPSA) is 61.8 Å². The molecule has 1 heterocycles. The first-order valence-corrected chi connectivity index (χ1v) is 9.45. The molecule has 0 aromatic heterocycles. The molecular weight excluding hydrogens is 364 g/mol. The largest absolute Gasteiger partial charge is 0.469 e. The SMILES string of the molecule is COC(=O)C(C)c1ccc(N2CC(O)C(NCc3ccccc3)C2)c(Cl)c1. The van der Waals surface area contributed by atoms with Gasteiger partial charge in [0.2, 0.25) is 0 Å². The average molecular weight is 389 g/mol. The van der Waals surface area contributed by atoms with Crippen LogP contribution < -0.4 is 10.2 Å². The number of rotatable bonds is 6. The molecule has 3 unspecified atom stereocenters. The summed E-state index contributed by atoms with van der Waals surface area (Å²) in [6.45, 7) is 3.68. The van der Waals surface area contributed by atoms with Crippen molar-refractivity contribution >= 4 is 23.3 Å². The van der Waals surface area contributed by atoms with Gasteiger partial charge < -0.3 is 20.1 Å². The van der Waals surface area contributed by atoms with Gasteiger partial charge in [-0.15, -0.1) is 0 Å².